The quantitative estimate of drug-likeness (QED) is 0.718. The third-order valence-electron chi connectivity index (χ3n) is 3.30. The summed E-state index contributed by atoms with van der Waals surface area (Å²) in [6, 6.07) is 3.70. The Hall–Kier alpha value is -1.36. The first kappa shape index (κ1) is 16.7. The van der Waals surface area contributed by atoms with Crippen LogP contribution in [-0.4, -0.2) is 23.8 Å². The molecule has 0 aromatic carbocycles. The SMILES string of the molecule is CCCC[C@@H](CC)CNC(=S)Nc1ccc(OC)nc1. The molecule has 0 saturated carbocycles. The van der Waals surface area contributed by atoms with Crippen molar-refractivity contribution in [3.8, 4) is 5.88 Å². The van der Waals surface area contributed by atoms with Gasteiger partial charge in [-0.3, -0.25) is 0 Å². The van der Waals surface area contributed by atoms with Crippen LogP contribution in [0.15, 0.2) is 18.3 Å². The van der Waals surface area contributed by atoms with Crippen LogP contribution < -0.4 is 15.4 Å². The maximum Gasteiger partial charge on any atom is 0.213 e. The largest absolute Gasteiger partial charge is 0.481 e. The highest BCUT2D eigenvalue weighted by Gasteiger charge is 2.06. The molecule has 0 aliphatic carbocycles. The normalized spacial score (nSPS) is 11.8. The van der Waals surface area contributed by atoms with E-state index in [0.29, 0.717) is 16.9 Å². The molecule has 0 radical (unpaired) electrons. The minimum absolute atomic E-state index is 0.597. The summed E-state index contributed by atoms with van der Waals surface area (Å²) in [6.07, 6.45) is 6.67. The van der Waals surface area contributed by atoms with Crippen LogP contribution in [-0.2, 0) is 0 Å². The van der Waals surface area contributed by atoms with Crippen molar-refractivity contribution in [1.29, 1.82) is 0 Å². The molecule has 4 nitrogen and oxygen atoms in total. The Morgan fingerprint density at radius 1 is 1.40 bits per heavy atom. The summed E-state index contributed by atoms with van der Waals surface area (Å²) >= 11 is 5.29. The van der Waals surface area contributed by atoms with E-state index in [0.717, 1.165) is 12.2 Å². The number of nitrogens with zero attached hydrogens (tertiary/aromatic N) is 1. The van der Waals surface area contributed by atoms with Crippen LogP contribution >= 0.6 is 12.2 Å². The molecule has 0 spiro atoms. The number of ether oxygens (including phenoxy) is 1. The van der Waals surface area contributed by atoms with E-state index in [1.807, 2.05) is 6.07 Å². The molecule has 1 aromatic rings. The fourth-order valence-electron chi connectivity index (χ4n) is 1.93. The molecule has 0 fully saturated rings. The van der Waals surface area contributed by atoms with Gasteiger partial charge in [-0.2, -0.15) is 0 Å². The monoisotopic (exact) mass is 295 g/mol. The van der Waals surface area contributed by atoms with Gasteiger partial charge >= 0.3 is 0 Å². The lowest BCUT2D eigenvalue weighted by molar-refractivity contribution is 0.398. The first-order chi connectivity index (χ1) is 9.69. The van der Waals surface area contributed by atoms with Crippen LogP contribution in [0.25, 0.3) is 0 Å². The van der Waals surface area contributed by atoms with Gasteiger partial charge in [-0.1, -0.05) is 33.1 Å². The smallest absolute Gasteiger partial charge is 0.213 e. The van der Waals surface area contributed by atoms with Crippen molar-refractivity contribution in [2.75, 3.05) is 19.0 Å². The maximum atomic E-state index is 5.29. The molecule has 1 heterocycles. The molecule has 20 heavy (non-hydrogen) atoms. The molecule has 0 bridgehead atoms. The predicted octanol–water partition coefficient (Wildman–Crippen LogP) is 3.59. The third kappa shape index (κ3) is 6.19. The molecular formula is C15H25N3OS. The predicted molar refractivity (Wildman–Crippen MR) is 88.3 cm³/mol. The standard InChI is InChI=1S/C15H25N3OS/c1-4-6-7-12(5-2)10-17-15(20)18-13-8-9-14(19-3)16-11-13/h8-9,11-12H,4-7,10H2,1-3H3,(H2,17,18,20)/t12-/m1/s1. The van der Waals surface area contributed by atoms with Crippen molar-refractivity contribution in [2.24, 2.45) is 5.92 Å². The fourth-order valence-corrected chi connectivity index (χ4v) is 2.13. The number of methoxy groups -OCH3 is 1. The molecule has 0 aliphatic rings. The summed E-state index contributed by atoms with van der Waals surface area (Å²) in [6.45, 7) is 5.38. The van der Waals surface area contributed by atoms with Gasteiger partial charge < -0.3 is 15.4 Å². The highest BCUT2D eigenvalue weighted by molar-refractivity contribution is 7.80. The average Bonchev–Trinajstić information content (AvgIpc) is 2.48. The van der Waals surface area contributed by atoms with Gasteiger partial charge in [-0.25, -0.2) is 4.98 Å². The summed E-state index contributed by atoms with van der Waals surface area (Å²) < 4.78 is 5.02. The number of hydrogen-bond donors (Lipinski definition) is 2. The molecule has 1 atom stereocenters. The number of anilines is 1. The van der Waals surface area contributed by atoms with Gasteiger partial charge in [0.1, 0.15) is 0 Å². The summed E-state index contributed by atoms with van der Waals surface area (Å²) in [5.41, 5.74) is 0.866. The number of aromatic nitrogens is 1. The number of rotatable bonds is 8. The van der Waals surface area contributed by atoms with Crippen molar-refractivity contribution in [3.63, 3.8) is 0 Å². The molecular weight excluding hydrogens is 270 g/mol. The van der Waals surface area contributed by atoms with Crippen molar-refractivity contribution < 1.29 is 4.74 Å². The minimum Gasteiger partial charge on any atom is -0.481 e. The van der Waals surface area contributed by atoms with Gasteiger partial charge in [0.25, 0.3) is 0 Å². The lowest BCUT2D eigenvalue weighted by atomic mass is 9.99. The first-order valence-electron chi connectivity index (χ1n) is 7.24. The highest BCUT2D eigenvalue weighted by Crippen LogP contribution is 2.12. The van der Waals surface area contributed by atoms with Crippen LogP contribution in [0.4, 0.5) is 5.69 Å². The van der Waals surface area contributed by atoms with Crippen molar-refractivity contribution in [3.05, 3.63) is 18.3 Å². The molecule has 1 rings (SSSR count). The molecule has 5 heteroatoms. The maximum absolute atomic E-state index is 5.29. The zero-order valence-corrected chi connectivity index (χ0v) is 13.4. The van der Waals surface area contributed by atoms with E-state index in [4.69, 9.17) is 17.0 Å². The van der Waals surface area contributed by atoms with E-state index in [1.165, 1.54) is 25.7 Å². The van der Waals surface area contributed by atoms with Crippen molar-refractivity contribution in [2.45, 2.75) is 39.5 Å². The van der Waals surface area contributed by atoms with E-state index in [2.05, 4.69) is 29.5 Å². The molecule has 0 saturated heterocycles. The Kier molecular flexibility index (Phi) is 7.95. The van der Waals surface area contributed by atoms with Gasteiger partial charge in [0.05, 0.1) is 19.0 Å². The molecule has 0 amide bonds. The second kappa shape index (κ2) is 9.53. The van der Waals surface area contributed by atoms with Crippen LogP contribution in [0.3, 0.4) is 0 Å². The number of hydrogen-bond acceptors (Lipinski definition) is 3. The van der Waals surface area contributed by atoms with Crippen molar-refractivity contribution >= 4 is 23.0 Å². The van der Waals surface area contributed by atoms with E-state index < -0.39 is 0 Å². The Labute approximate surface area is 127 Å². The van der Waals surface area contributed by atoms with Crippen LogP contribution in [0.2, 0.25) is 0 Å². The fraction of sp³-hybridized carbons (Fsp3) is 0.600. The van der Waals surface area contributed by atoms with Gasteiger partial charge in [0, 0.05) is 12.6 Å². The zero-order chi connectivity index (χ0) is 14.8. The molecule has 0 unspecified atom stereocenters. The number of nitrogens with one attached hydrogen (secondary N) is 2. The van der Waals surface area contributed by atoms with Crippen molar-refractivity contribution in [1.82, 2.24) is 10.3 Å². The average molecular weight is 295 g/mol. The number of pyridine rings is 1. The minimum atomic E-state index is 0.597. The third-order valence-corrected chi connectivity index (χ3v) is 3.54. The topological polar surface area (TPSA) is 46.2 Å². The molecule has 0 aliphatic heterocycles. The summed E-state index contributed by atoms with van der Waals surface area (Å²) in [7, 11) is 1.60. The van der Waals surface area contributed by atoms with E-state index in [1.54, 1.807) is 19.4 Å². The van der Waals surface area contributed by atoms with Gasteiger partial charge in [-0.15, -0.1) is 0 Å². The van der Waals surface area contributed by atoms with Gasteiger partial charge in [0.2, 0.25) is 5.88 Å². The lowest BCUT2D eigenvalue weighted by Crippen LogP contribution is -2.32. The van der Waals surface area contributed by atoms with Gasteiger partial charge in [0.15, 0.2) is 5.11 Å². The number of unbranched alkanes of at least 4 members (excludes halogenated alkanes) is 1. The second-order valence-electron chi connectivity index (χ2n) is 4.84. The van der Waals surface area contributed by atoms with E-state index >= 15 is 0 Å². The second-order valence-corrected chi connectivity index (χ2v) is 5.25. The van der Waals surface area contributed by atoms with Gasteiger partial charge in [-0.05, 0) is 30.6 Å². The Bertz CT molecular complexity index is 395. The molecule has 1 aromatic heterocycles. The Morgan fingerprint density at radius 2 is 2.20 bits per heavy atom. The summed E-state index contributed by atoms with van der Waals surface area (Å²) in [5, 5.41) is 7.06. The highest BCUT2D eigenvalue weighted by atomic mass is 32.1. The first-order valence-corrected chi connectivity index (χ1v) is 7.65. The van der Waals surface area contributed by atoms with Crippen LogP contribution in [0.5, 0.6) is 5.88 Å². The Balaban J connectivity index is 2.34. The zero-order valence-electron chi connectivity index (χ0n) is 12.6. The summed E-state index contributed by atoms with van der Waals surface area (Å²) in [4.78, 5) is 4.13. The molecule has 2 N–H and O–H groups in total. The molecule has 112 valence electrons. The Morgan fingerprint density at radius 3 is 2.75 bits per heavy atom. The van der Waals surface area contributed by atoms with E-state index in [9.17, 15) is 0 Å². The van der Waals surface area contributed by atoms with Crippen LogP contribution in [0, 0.1) is 5.92 Å². The number of thiocarbonyl (C=S) groups is 1. The van der Waals surface area contributed by atoms with E-state index in [-0.39, 0.29) is 0 Å². The van der Waals surface area contributed by atoms with Crippen LogP contribution in [0.1, 0.15) is 39.5 Å². The lowest BCUT2D eigenvalue weighted by Gasteiger charge is -2.17. The summed E-state index contributed by atoms with van der Waals surface area (Å²) in [5.74, 6) is 1.28.